The first-order valence-electron chi connectivity index (χ1n) is 7.25. The third-order valence-electron chi connectivity index (χ3n) is 3.90. The fourth-order valence-electron chi connectivity index (χ4n) is 2.02. The van der Waals surface area contributed by atoms with Gasteiger partial charge in [-0.1, -0.05) is 5.57 Å². The Hall–Kier alpha value is -1.43. The molecule has 3 N–H and O–H groups in total. The summed E-state index contributed by atoms with van der Waals surface area (Å²) in [6, 6.07) is 0. The third-order valence-corrected chi connectivity index (χ3v) is 3.90. The predicted octanol–water partition coefficient (Wildman–Crippen LogP) is 4.72. The van der Waals surface area contributed by atoms with Crippen LogP contribution in [-0.2, 0) is 0 Å². The fourth-order valence-corrected chi connectivity index (χ4v) is 2.02. The summed E-state index contributed by atoms with van der Waals surface area (Å²) in [6.45, 7) is -0.423. The second kappa shape index (κ2) is 7.86. The summed E-state index contributed by atoms with van der Waals surface area (Å²) in [4.78, 5) is 0. The SMILES string of the molecule is CC(O)(C=C(CC(O)(C(F)(F)F)C(F)(F)F)CC(O)(C(F)(F)F)C(F)(F)F)C(F)(F)F. The molecular weight excluding hydrogens is 489 g/mol. The smallest absolute Gasteiger partial charge is 0.377 e. The number of aliphatic hydroxyl groups is 3. The van der Waals surface area contributed by atoms with Crippen LogP contribution in [0.1, 0.15) is 19.8 Å². The molecule has 0 aliphatic carbocycles. The molecule has 0 radical (unpaired) electrons. The van der Waals surface area contributed by atoms with Gasteiger partial charge in [0, 0.05) is 12.8 Å². The average molecular weight is 500 g/mol. The standard InChI is InChI=1S/C13H11F15O3/c1-6(29,9(14,15)16)2-5(3-7(30,10(17,18)19)11(20,21)22)4-8(31,12(23,24)25)13(26,27)28/h2,29-31H,3-4H2,1H3. The highest BCUT2D eigenvalue weighted by molar-refractivity contribution is 5.21. The fraction of sp³-hybridized carbons (Fsp3) is 0.846. The van der Waals surface area contributed by atoms with Gasteiger partial charge in [-0.3, -0.25) is 0 Å². The van der Waals surface area contributed by atoms with Crippen LogP contribution in [0.2, 0.25) is 0 Å². The van der Waals surface area contributed by atoms with E-state index >= 15 is 0 Å². The molecule has 0 heterocycles. The average Bonchev–Trinajstić information content (AvgIpc) is 2.40. The third kappa shape index (κ3) is 5.88. The van der Waals surface area contributed by atoms with Gasteiger partial charge in [-0.2, -0.15) is 65.9 Å². The van der Waals surface area contributed by atoms with Crippen LogP contribution in [0.15, 0.2) is 11.6 Å². The van der Waals surface area contributed by atoms with Crippen molar-refractivity contribution < 1.29 is 81.2 Å². The van der Waals surface area contributed by atoms with Gasteiger partial charge in [-0.25, -0.2) is 0 Å². The second-order valence-electron chi connectivity index (χ2n) is 6.51. The van der Waals surface area contributed by atoms with Crippen molar-refractivity contribution in [3.8, 4) is 0 Å². The summed E-state index contributed by atoms with van der Waals surface area (Å²) < 4.78 is 191. The van der Waals surface area contributed by atoms with E-state index in [0.717, 1.165) is 0 Å². The molecule has 0 rings (SSSR count). The first-order chi connectivity index (χ1) is 13.0. The molecule has 3 nitrogen and oxygen atoms in total. The molecule has 31 heavy (non-hydrogen) atoms. The van der Waals surface area contributed by atoms with Gasteiger partial charge in [0.2, 0.25) is 0 Å². The van der Waals surface area contributed by atoms with Crippen LogP contribution in [0.25, 0.3) is 0 Å². The van der Waals surface area contributed by atoms with Gasteiger partial charge in [0.1, 0.15) is 0 Å². The molecule has 18 heteroatoms. The Kier molecular flexibility index (Phi) is 7.50. The van der Waals surface area contributed by atoms with E-state index in [1.165, 1.54) is 0 Å². The van der Waals surface area contributed by atoms with E-state index in [1.807, 2.05) is 0 Å². The lowest BCUT2D eigenvalue weighted by Crippen LogP contribution is -2.59. The van der Waals surface area contributed by atoms with Crippen molar-refractivity contribution in [3.63, 3.8) is 0 Å². The van der Waals surface area contributed by atoms with E-state index in [-0.39, 0.29) is 0 Å². The van der Waals surface area contributed by atoms with Gasteiger partial charge in [0.15, 0.2) is 5.60 Å². The van der Waals surface area contributed by atoms with Crippen molar-refractivity contribution in [1.82, 2.24) is 0 Å². The molecule has 0 aromatic rings. The molecular formula is C13H11F15O3. The quantitative estimate of drug-likeness (QED) is 0.379. The summed E-state index contributed by atoms with van der Waals surface area (Å²) in [6.07, 6.45) is -41.4. The monoisotopic (exact) mass is 500 g/mol. The summed E-state index contributed by atoms with van der Waals surface area (Å²) in [5, 5.41) is 27.1. The molecule has 1 atom stereocenters. The zero-order chi connectivity index (χ0) is 25.7. The molecule has 186 valence electrons. The number of alkyl halides is 15. The van der Waals surface area contributed by atoms with Crippen molar-refractivity contribution >= 4 is 0 Å². The Morgan fingerprint density at radius 3 is 0.903 bits per heavy atom. The lowest BCUT2D eigenvalue weighted by Gasteiger charge is -2.37. The van der Waals surface area contributed by atoms with Gasteiger partial charge in [0.05, 0.1) is 0 Å². The molecule has 1 unspecified atom stereocenters. The Labute approximate surface area is 161 Å². The van der Waals surface area contributed by atoms with E-state index in [4.69, 9.17) is 15.3 Å². The molecule has 0 saturated carbocycles. The first kappa shape index (κ1) is 29.6. The maximum absolute atomic E-state index is 12.7. The van der Waals surface area contributed by atoms with E-state index in [1.54, 1.807) is 0 Å². The van der Waals surface area contributed by atoms with E-state index in [9.17, 15) is 65.9 Å². The van der Waals surface area contributed by atoms with Crippen LogP contribution in [-0.4, -0.2) is 63.0 Å². The van der Waals surface area contributed by atoms with Crippen molar-refractivity contribution in [2.45, 2.75) is 67.5 Å². The molecule has 0 aromatic carbocycles. The van der Waals surface area contributed by atoms with Crippen LogP contribution >= 0.6 is 0 Å². The molecule has 0 bridgehead atoms. The van der Waals surface area contributed by atoms with Crippen LogP contribution in [0.5, 0.6) is 0 Å². The van der Waals surface area contributed by atoms with Crippen LogP contribution in [0, 0.1) is 0 Å². The molecule has 0 amide bonds. The highest BCUT2D eigenvalue weighted by Gasteiger charge is 2.73. The number of rotatable bonds is 5. The van der Waals surface area contributed by atoms with Crippen molar-refractivity contribution in [3.05, 3.63) is 11.6 Å². The van der Waals surface area contributed by atoms with Gasteiger partial charge < -0.3 is 15.3 Å². The Balaban J connectivity index is 6.93. The maximum atomic E-state index is 12.7. The number of hydrogen-bond donors (Lipinski definition) is 3. The van der Waals surface area contributed by atoms with Gasteiger partial charge in [-0.15, -0.1) is 0 Å². The summed E-state index contributed by atoms with van der Waals surface area (Å²) >= 11 is 0. The zero-order valence-electron chi connectivity index (χ0n) is 14.5. The molecule has 0 saturated heterocycles. The molecule has 0 spiro atoms. The van der Waals surface area contributed by atoms with E-state index in [0.29, 0.717) is 0 Å². The van der Waals surface area contributed by atoms with Gasteiger partial charge in [0.25, 0.3) is 11.2 Å². The van der Waals surface area contributed by atoms with Gasteiger partial charge >= 0.3 is 30.9 Å². The highest BCUT2D eigenvalue weighted by atomic mass is 19.4. The zero-order valence-corrected chi connectivity index (χ0v) is 14.5. The second-order valence-corrected chi connectivity index (χ2v) is 6.51. The van der Waals surface area contributed by atoms with Crippen molar-refractivity contribution in [2.75, 3.05) is 0 Å². The largest absolute Gasteiger partial charge is 0.426 e. The summed E-state index contributed by atoms with van der Waals surface area (Å²) in [5.41, 5.74) is -19.5. The minimum atomic E-state index is -6.86. The summed E-state index contributed by atoms with van der Waals surface area (Å²) in [5.74, 6) is 0. The molecule has 0 aromatic heterocycles. The van der Waals surface area contributed by atoms with Crippen LogP contribution < -0.4 is 0 Å². The minimum absolute atomic E-state index is 0.423. The maximum Gasteiger partial charge on any atom is 0.426 e. The Morgan fingerprint density at radius 1 is 0.516 bits per heavy atom. The molecule has 0 fully saturated rings. The Morgan fingerprint density at radius 2 is 0.742 bits per heavy atom. The Bertz CT molecular complexity index is 590. The van der Waals surface area contributed by atoms with Gasteiger partial charge in [-0.05, 0) is 13.0 Å². The molecule has 0 aliphatic heterocycles. The lowest BCUT2D eigenvalue weighted by atomic mass is 9.83. The number of halogens is 15. The highest BCUT2D eigenvalue weighted by Crippen LogP contribution is 2.51. The molecule has 0 aliphatic rings. The first-order valence-corrected chi connectivity index (χ1v) is 7.25. The van der Waals surface area contributed by atoms with E-state index in [2.05, 4.69) is 0 Å². The predicted molar refractivity (Wildman–Crippen MR) is 68.1 cm³/mol. The van der Waals surface area contributed by atoms with Crippen LogP contribution in [0.3, 0.4) is 0 Å². The van der Waals surface area contributed by atoms with Crippen molar-refractivity contribution in [2.24, 2.45) is 0 Å². The summed E-state index contributed by atoms with van der Waals surface area (Å²) in [7, 11) is 0. The minimum Gasteiger partial charge on any atom is -0.377 e. The topological polar surface area (TPSA) is 60.7 Å². The van der Waals surface area contributed by atoms with Crippen LogP contribution in [0.4, 0.5) is 65.9 Å². The lowest BCUT2D eigenvalue weighted by molar-refractivity contribution is -0.373. The van der Waals surface area contributed by atoms with Crippen molar-refractivity contribution in [1.29, 1.82) is 0 Å². The van der Waals surface area contributed by atoms with E-state index < -0.39 is 79.1 Å². The normalized spacial score (nSPS) is 17.4. The number of hydrogen-bond acceptors (Lipinski definition) is 3.